The van der Waals surface area contributed by atoms with Gasteiger partial charge in [0.2, 0.25) is 0 Å². The molecule has 5 nitrogen and oxygen atoms in total. The van der Waals surface area contributed by atoms with E-state index in [9.17, 15) is 9.59 Å². The molecular formula is C22H19ClN2O3. The largest absolute Gasteiger partial charge is 0.495 e. The van der Waals surface area contributed by atoms with E-state index in [4.69, 9.17) is 16.3 Å². The molecule has 0 heterocycles. The second-order valence-electron chi connectivity index (χ2n) is 6.04. The number of amides is 2. The van der Waals surface area contributed by atoms with Crippen LogP contribution in [0.15, 0.2) is 72.8 Å². The van der Waals surface area contributed by atoms with Crippen LogP contribution in [0.5, 0.6) is 5.75 Å². The summed E-state index contributed by atoms with van der Waals surface area (Å²) in [6.07, 6.45) is 0. The summed E-state index contributed by atoms with van der Waals surface area (Å²) in [5.41, 5.74) is 2.45. The highest BCUT2D eigenvalue weighted by Crippen LogP contribution is 2.23. The normalized spacial score (nSPS) is 10.2. The Morgan fingerprint density at radius 2 is 1.46 bits per heavy atom. The number of nitrogens with one attached hydrogen (secondary N) is 2. The molecule has 3 rings (SSSR count). The summed E-state index contributed by atoms with van der Waals surface area (Å²) >= 11 is 5.85. The summed E-state index contributed by atoms with van der Waals surface area (Å²) in [6, 6.07) is 20.9. The first-order valence-electron chi connectivity index (χ1n) is 8.64. The molecule has 0 radical (unpaired) electrons. The Balaban J connectivity index is 1.61. The van der Waals surface area contributed by atoms with E-state index in [0.29, 0.717) is 34.1 Å². The molecule has 0 atom stereocenters. The molecule has 0 aromatic heterocycles. The quantitative estimate of drug-likeness (QED) is 0.645. The Morgan fingerprint density at radius 3 is 2.11 bits per heavy atom. The van der Waals surface area contributed by atoms with Crippen LogP contribution in [0.25, 0.3) is 0 Å². The van der Waals surface area contributed by atoms with Crippen LogP contribution < -0.4 is 15.4 Å². The fraction of sp³-hybridized carbons (Fsp3) is 0.0909. The highest BCUT2D eigenvalue weighted by Gasteiger charge is 2.11. The van der Waals surface area contributed by atoms with Crippen molar-refractivity contribution >= 4 is 29.1 Å². The Labute approximate surface area is 168 Å². The van der Waals surface area contributed by atoms with E-state index in [1.807, 2.05) is 24.3 Å². The van der Waals surface area contributed by atoms with Crippen molar-refractivity contribution in [2.45, 2.75) is 6.54 Å². The third-order valence-corrected chi connectivity index (χ3v) is 4.38. The number of carbonyl (C=O) groups is 2. The second-order valence-corrected chi connectivity index (χ2v) is 6.48. The summed E-state index contributed by atoms with van der Waals surface area (Å²) in [6.45, 7) is 0.395. The van der Waals surface area contributed by atoms with Gasteiger partial charge in [-0.3, -0.25) is 9.59 Å². The molecule has 2 N–H and O–H groups in total. The van der Waals surface area contributed by atoms with Crippen LogP contribution in [-0.2, 0) is 6.54 Å². The zero-order valence-electron chi connectivity index (χ0n) is 15.2. The van der Waals surface area contributed by atoms with E-state index < -0.39 is 0 Å². The SMILES string of the molecule is COc1ccccc1NC(=O)c1ccc(C(=O)NCc2ccc(Cl)cc2)cc1. The fourth-order valence-electron chi connectivity index (χ4n) is 2.60. The molecule has 28 heavy (non-hydrogen) atoms. The molecule has 2 amide bonds. The molecule has 0 saturated heterocycles. The molecule has 0 bridgehead atoms. The van der Waals surface area contributed by atoms with E-state index in [0.717, 1.165) is 5.56 Å². The van der Waals surface area contributed by atoms with Crippen molar-refractivity contribution in [2.24, 2.45) is 0 Å². The van der Waals surface area contributed by atoms with Gasteiger partial charge in [-0.2, -0.15) is 0 Å². The van der Waals surface area contributed by atoms with Crippen molar-refractivity contribution in [1.29, 1.82) is 0 Å². The van der Waals surface area contributed by atoms with E-state index in [-0.39, 0.29) is 11.8 Å². The number of carbonyl (C=O) groups excluding carboxylic acids is 2. The molecule has 0 aliphatic heterocycles. The van der Waals surface area contributed by atoms with Gasteiger partial charge in [0.25, 0.3) is 11.8 Å². The van der Waals surface area contributed by atoms with Crippen molar-refractivity contribution in [1.82, 2.24) is 5.32 Å². The number of rotatable bonds is 6. The van der Waals surface area contributed by atoms with Crippen molar-refractivity contribution < 1.29 is 14.3 Å². The van der Waals surface area contributed by atoms with Gasteiger partial charge in [0.1, 0.15) is 5.75 Å². The number of methoxy groups -OCH3 is 1. The zero-order chi connectivity index (χ0) is 19.9. The molecule has 6 heteroatoms. The van der Waals surface area contributed by atoms with Crippen LogP contribution in [0.2, 0.25) is 5.02 Å². The van der Waals surface area contributed by atoms with Crippen molar-refractivity contribution in [3.8, 4) is 5.75 Å². The van der Waals surface area contributed by atoms with Crippen molar-refractivity contribution in [2.75, 3.05) is 12.4 Å². The summed E-state index contributed by atoms with van der Waals surface area (Å²) in [4.78, 5) is 24.7. The summed E-state index contributed by atoms with van der Waals surface area (Å²) < 4.78 is 5.23. The molecule has 0 fully saturated rings. The highest BCUT2D eigenvalue weighted by molar-refractivity contribution is 6.30. The van der Waals surface area contributed by atoms with Crippen molar-refractivity contribution in [3.63, 3.8) is 0 Å². The Morgan fingerprint density at radius 1 is 0.857 bits per heavy atom. The lowest BCUT2D eigenvalue weighted by Gasteiger charge is -2.10. The van der Waals surface area contributed by atoms with Gasteiger partial charge >= 0.3 is 0 Å². The van der Waals surface area contributed by atoms with E-state index in [2.05, 4.69) is 10.6 Å². The highest BCUT2D eigenvalue weighted by atomic mass is 35.5. The van der Waals surface area contributed by atoms with Gasteiger partial charge in [0.05, 0.1) is 12.8 Å². The predicted octanol–water partition coefficient (Wildman–Crippen LogP) is 4.53. The van der Waals surface area contributed by atoms with E-state index in [1.54, 1.807) is 55.6 Å². The van der Waals surface area contributed by atoms with E-state index in [1.165, 1.54) is 0 Å². The molecule has 0 unspecified atom stereocenters. The number of para-hydroxylation sites is 2. The standard InChI is InChI=1S/C22H19ClN2O3/c1-28-20-5-3-2-4-19(20)25-22(27)17-10-8-16(9-11-17)21(26)24-14-15-6-12-18(23)13-7-15/h2-13H,14H2,1H3,(H,24,26)(H,25,27). The van der Waals surface area contributed by atoms with Gasteiger partial charge in [0, 0.05) is 22.7 Å². The number of anilines is 1. The minimum absolute atomic E-state index is 0.216. The number of ether oxygens (including phenoxy) is 1. The van der Waals surface area contributed by atoms with Crippen LogP contribution >= 0.6 is 11.6 Å². The lowest BCUT2D eigenvalue weighted by Crippen LogP contribution is -2.23. The monoisotopic (exact) mass is 394 g/mol. The average Bonchev–Trinajstić information content (AvgIpc) is 2.73. The lowest BCUT2D eigenvalue weighted by atomic mass is 10.1. The van der Waals surface area contributed by atoms with Gasteiger partial charge in [-0.05, 0) is 54.1 Å². The van der Waals surface area contributed by atoms with Gasteiger partial charge in [0.15, 0.2) is 0 Å². The maximum Gasteiger partial charge on any atom is 0.255 e. The number of halogens is 1. The number of benzene rings is 3. The Hall–Kier alpha value is -3.31. The first-order valence-corrected chi connectivity index (χ1v) is 9.01. The lowest BCUT2D eigenvalue weighted by molar-refractivity contribution is 0.0949. The third-order valence-electron chi connectivity index (χ3n) is 4.13. The van der Waals surface area contributed by atoms with Crippen LogP contribution in [0.4, 0.5) is 5.69 Å². The fourth-order valence-corrected chi connectivity index (χ4v) is 2.73. The Kier molecular flexibility index (Phi) is 6.29. The van der Waals surface area contributed by atoms with Crippen LogP contribution in [0.3, 0.4) is 0 Å². The molecule has 0 aliphatic rings. The minimum atomic E-state index is -0.280. The van der Waals surface area contributed by atoms with Crippen LogP contribution in [0.1, 0.15) is 26.3 Å². The molecule has 0 saturated carbocycles. The number of hydrogen-bond donors (Lipinski definition) is 2. The van der Waals surface area contributed by atoms with Gasteiger partial charge in [-0.1, -0.05) is 35.9 Å². The molecule has 142 valence electrons. The molecule has 0 aliphatic carbocycles. The average molecular weight is 395 g/mol. The van der Waals surface area contributed by atoms with Crippen molar-refractivity contribution in [3.05, 3.63) is 94.5 Å². The molecular weight excluding hydrogens is 376 g/mol. The topological polar surface area (TPSA) is 67.4 Å². The maximum absolute atomic E-state index is 12.4. The third kappa shape index (κ3) is 4.90. The maximum atomic E-state index is 12.4. The van der Waals surface area contributed by atoms with Gasteiger partial charge in [-0.25, -0.2) is 0 Å². The minimum Gasteiger partial charge on any atom is -0.495 e. The summed E-state index contributed by atoms with van der Waals surface area (Å²) in [5.74, 6) is 0.0818. The molecule has 3 aromatic rings. The predicted molar refractivity (Wildman–Crippen MR) is 110 cm³/mol. The van der Waals surface area contributed by atoms with Gasteiger partial charge in [-0.15, -0.1) is 0 Å². The zero-order valence-corrected chi connectivity index (χ0v) is 16.0. The first-order chi connectivity index (χ1) is 13.6. The molecule has 3 aromatic carbocycles. The first kappa shape index (κ1) is 19.5. The summed E-state index contributed by atoms with van der Waals surface area (Å²) in [5, 5.41) is 6.29. The van der Waals surface area contributed by atoms with Crippen LogP contribution in [-0.4, -0.2) is 18.9 Å². The number of hydrogen-bond acceptors (Lipinski definition) is 3. The Bertz CT molecular complexity index is 970. The summed E-state index contributed by atoms with van der Waals surface area (Å²) in [7, 11) is 1.54. The van der Waals surface area contributed by atoms with Crippen LogP contribution in [0, 0.1) is 0 Å². The van der Waals surface area contributed by atoms with Gasteiger partial charge < -0.3 is 15.4 Å². The smallest absolute Gasteiger partial charge is 0.255 e. The molecule has 0 spiro atoms. The van der Waals surface area contributed by atoms with E-state index >= 15 is 0 Å². The second kappa shape index (κ2) is 9.06.